The second-order valence-corrected chi connectivity index (χ2v) is 8.22. The van der Waals surface area contributed by atoms with Crippen LogP contribution in [0, 0.1) is 11.7 Å². The molecule has 1 aliphatic heterocycles. The minimum atomic E-state index is -0.277. The number of hydrogen-bond donors (Lipinski definition) is 1. The molecule has 2 heterocycles. The smallest absolute Gasteiger partial charge is 0.323 e. The average Bonchev–Trinajstić information content (AvgIpc) is 3.39. The van der Waals surface area contributed by atoms with Gasteiger partial charge in [0.05, 0.1) is 12.1 Å². The van der Waals surface area contributed by atoms with E-state index in [0.717, 1.165) is 31.4 Å². The molecule has 0 atom stereocenters. The number of thiazole rings is 1. The molecule has 0 spiro atoms. The molecule has 8 heteroatoms. The van der Waals surface area contributed by atoms with Crippen LogP contribution in [0.2, 0.25) is 0 Å². The van der Waals surface area contributed by atoms with E-state index >= 15 is 0 Å². The van der Waals surface area contributed by atoms with Gasteiger partial charge in [0.15, 0.2) is 5.13 Å². The standard InChI is InChI=1S/C20H23FN4O2S/c21-16-6-4-15(5-7-16)12-24(11-14-2-3-14)18(26)10-17-13-28-20(23-17)25-9-1-8-22-19(25)27/h4-7,13-14H,1-3,8-12H2,(H,22,27). The maximum absolute atomic E-state index is 13.2. The van der Waals surface area contributed by atoms with E-state index in [2.05, 4.69) is 10.3 Å². The molecule has 1 saturated carbocycles. The normalized spacial score (nSPS) is 16.8. The summed E-state index contributed by atoms with van der Waals surface area (Å²) in [4.78, 5) is 32.9. The summed E-state index contributed by atoms with van der Waals surface area (Å²) in [6, 6.07) is 6.15. The van der Waals surface area contributed by atoms with E-state index in [1.165, 1.54) is 23.5 Å². The van der Waals surface area contributed by atoms with E-state index in [4.69, 9.17) is 0 Å². The number of carbonyl (C=O) groups excluding carboxylic acids is 2. The lowest BCUT2D eigenvalue weighted by Gasteiger charge is -2.25. The molecule has 2 fully saturated rings. The Morgan fingerprint density at radius 3 is 2.82 bits per heavy atom. The topological polar surface area (TPSA) is 65.5 Å². The van der Waals surface area contributed by atoms with Gasteiger partial charge in [-0.05, 0) is 42.9 Å². The number of aromatic nitrogens is 1. The summed E-state index contributed by atoms with van der Waals surface area (Å²) in [5, 5.41) is 5.29. The Morgan fingerprint density at radius 2 is 2.11 bits per heavy atom. The number of rotatable bonds is 7. The monoisotopic (exact) mass is 402 g/mol. The maximum Gasteiger partial charge on any atom is 0.323 e. The molecule has 0 radical (unpaired) electrons. The van der Waals surface area contributed by atoms with Crippen molar-refractivity contribution in [2.24, 2.45) is 5.92 Å². The third kappa shape index (κ3) is 4.67. The van der Waals surface area contributed by atoms with Crippen molar-refractivity contribution in [3.05, 3.63) is 46.7 Å². The van der Waals surface area contributed by atoms with E-state index in [-0.39, 0.29) is 24.2 Å². The summed E-state index contributed by atoms with van der Waals surface area (Å²) in [7, 11) is 0. The quantitative estimate of drug-likeness (QED) is 0.774. The number of hydrogen-bond acceptors (Lipinski definition) is 4. The highest BCUT2D eigenvalue weighted by Gasteiger charge is 2.28. The first-order valence-electron chi connectivity index (χ1n) is 9.60. The van der Waals surface area contributed by atoms with E-state index in [1.807, 2.05) is 10.3 Å². The van der Waals surface area contributed by atoms with E-state index in [1.54, 1.807) is 17.0 Å². The summed E-state index contributed by atoms with van der Waals surface area (Å²) in [6.07, 6.45) is 3.39. The van der Waals surface area contributed by atoms with Gasteiger partial charge in [-0.1, -0.05) is 12.1 Å². The van der Waals surface area contributed by atoms with Crippen LogP contribution in [-0.2, 0) is 17.8 Å². The zero-order valence-corrected chi connectivity index (χ0v) is 16.4. The highest BCUT2D eigenvalue weighted by Crippen LogP contribution is 2.30. The molecule has 1 aliphatic carbocycles. The highest BCUT2D eigenvalue weighted by atomic mass is 32.1. The second-order valence-electron chi connectivity index (χ2n) is 7.38. The highest BCUT2D eigenvalue weighted by molar-refractivity contribution is 7.14. The van der Waals surface area contributed by atoms with Crippen LogP contribution in [0.4, 0.5) is 14.3 Å². The number of anilines is 1. The molecule has 2 aromatic rings. The van der Waals surface area contributed by atoms with Crippen LogP contribution in [0.25, 0.3) is 0 Å². The van der Waals surface area contributed by atoms with Crippen LogP contribution in [0.5, 0.6) is 0 Å². The molecule has 1 aromatic carbocycles. The first-order valence-corrected chi connectivity index (χ1v) is 10.5. The van der Waals surface area contributed by atoms with Crippen molar-refractivity contribution in [3.63, 3.8) is 0 Å². The minimum Gasteiger partial charge on any atom is -0.338 e. The number of urea groups is 1. The zero-order valence-electron chi connectivity index (χ0n) is 15.6. The van der Waals surface area contributed by atoms with E-state index in [9.17, 15) is 14.0 Å². The summed E-state index contributed by atoms with van der Waals surface area (Å²) < 4.78 is 13.2. The van der Waals surface area contributed by atoms with Gasteiger partial charge in [-0.3, -0.25) is 9.69 Å². The van der Waals surface area contributed by atoms with Gasteiger partial charge >= 0.3 is 6.03 Å². The van der Waals surface area contributed by atoms with Gasteiger partial charge in [0, 0.05) is 31.6 Å². The first kappa shape index (κ1) is 18.9. The Morgan fingerprint density at radius 1 is 1.32 bits per heavy atom. The second kappa shape index (κ2) is 8.26. The summed E-state index contributed by atoms with van der Waals surface area (Å²) in [6.45, 7) is 2.53. The number of nitrogens with zero attached hydrogens (tertiary/aromatic N) is 3. The molecule has 2 aliphatic rings. The fourth-order valence-electron chi connectivity index (χ4n) is 3.26. The number of benzene rings is 1. The van der Waals surface area contributed by atoms with Crippen molar-refractivity contribution < 1.29 is 14.0 Å². The van der Waals surface area contributed by atoms with Crippen LogP contribution >= 0.6 is 11.3 Å². The maximum atomic E-state index is 13.2. The third-order valence-corrected chi connectivity index (χ3v) is 5.91. The van der Waals surface area contributed by atoms with Crippen molar-refractivity contribution in [2.45, 2.75) is 32.2 Å². The van der Waals surface area contributed by atoms with Crippen LogP contribution < -0.4 is 10.2 Å². The predicted molar refractivity (Wildman–Crippen MR) is 106 cm³/mol. The lowest BCUT2D eigenvalue weighted by molar-refractivity contribution is -0.131. The average molecular weight is 402 g/mol. The third-order valence-electron chi connectivity index (χ3n) is 5.00. The number of nitrogens with one attached hydrogen (secondary N) is 1. The van der Waals surface area contributed by atoms with E-state index in [0.29, 0.717) is 36.4 Å². The van der Waals surface area contributed by atoms with Gasteiger partial charge in [0.2, 0.25) is 5.91 Å². The number of carbonyl (C=O) groups is 2. The molecule has 0 bridgehead atoms. The van der Waals surface area contributed by atoms with Gasteiger partial charge in [0.25, 0.3) is 0 Å². The van der Waals surface area contributed by atoms with Crippen molar-refractivity contribution in [3.8, 4) is 0 Å². The number of amides is 3. The van der Waals surface area contributed by atoms with E-state index < -0.39 is 0 Å². The summed E-state index contributed by atoms with van der Waals surface area (Å²) >= 11 is 1.39. The van der Waals surface area contributed by atoms with Crippen LogP contribution in [0.1, 0.15) is 30.5 Å². The molecule has 148 valence electrons. The molecule has 1 N–H and O–H groups in total. The summed E-state index contributed by atoms with van der Waals surface area (Å²) in [5.74, 6) is 0.296. The lowest BCUT2D eigenvalue weighted by atomic mass is 10.2. The van der Waals surface area contributed by atoms with Gasteiger partial charge in [-0.15, -0.1) is 11.3 Å². The van der Waals surface area contributed by atoms with Crippen LogP contribution in [0.15, 0.2) is 29.6 Å². The largest absolute Gasteiger partial charge is 0.338 e. The molecule has 3 amide bonds. The van der Waals surface area contributed by atoms with Gasteiger partial charge in [0.1, 0.15) is 5.82 Å². The number of halogens is 1. The van der Waals surface area contributed by atoms with Crippen molar-refractivity contribution in [1.82, 2.24) is 15.2 Å². The SMILES string of the molecule is O=C(Cc1csc(N2CCCNC2=O)n1)N(Cc1ccc(F)cc1)CC1CC1. The molecule has 6 nitrogen and oxygen atoms in total. The molecular formula is C20H23FN4O2S. The molecule has 4 rings (SSSR count). The Labute approximate surface area is 167 Å². The lowest BCUT2D eigenvalue weighted by Crippen LogP contribution is -2.46. The van der Waals surface area contributed by atoms with Crippen molar-refractivity contribution >= 4 is 28.4 Å². The van der Waals surface area contributed by atoms with Gasteiger partial charge < -0.3 is 10.2 Å². The van der Waals surface area contributed by atoms with Gasteiger partial charge in [-0.25, -0.2) is 14.2 Å². The summed E-state index contributed by atoms with van der Waals surface area (Å²) in [5.41, 5.74) is 1.60. The predicted octanol–water partition coefficient (Wildman–Crippen LogP) is 3.18. The fraction of sp³-hybridized carbons (Fsp3) is 0.450. The molecule has 1 saturated heterocycles. The zero-order chi connectivity index (χ0) is 19.5. The Kier molecular flexibility index (Phi) is 5.57. The Bertz CT molecular complexity index is 850. The molecule has 1 aromatic heterocycles. The molecule has 0 unspecified atom stereocenters. The fourth-order valence-corrected chi connectivity index (χ4v) is 4.11. The minimum absolute atomic E-state index is 0.0103. The molecular weight excluding hydrogens is 379 g/mol. The Balaban J connectivity index is 1.42. The molecule has 28 heavy (non-hydrogen) atoms. The van der Waals surface area contributed by atoms with Gasteiger partial charge in [-0.2, -0.15) is 0 Å². The Hall–Kier alpha value is -2.48. The van der Waals surface area contributed by atoms with Crippen LogP contribution in [0.3, 0.4) is 0 Å². The van der Waals surface area contributed by atoms with Crippen molar-refractivity contribution in [2.75, 3.05) is 24.5 Å². The first-order chi connectivity index (χ1) is 13.6. The van der Waals surface area contributed by atoms with Crippen LogP contribution in [-0.4, -0.2) is 41.5 Å². The van der Waals surface area contributed by atoms with Crippen molar-refractivity contribution in [1.29, 1.82) is 0 Å².